The van der Waals surface area contributed by atoms with Crippen LogP contribution in [0.25, 0.3) is 0 Å². The van der Waals surface area contributed by atoms with Crippen LogP contribution in [-0.4, -0.2) is 52.0 Å². The normalized spacial score (nSPS) is 28.9. The van der Waals surface area contributed by atoms with Gasteiger partial charge in [0, 0.05) is 31.2 Å². The van der Waals surface area contributed by atoms with E-state index in [9.17, 15) is 14.7 Å². The molecule has 0 aromatic carbocycles. The van der Waals surface area contributed by atoms with Crippen molar-refractivity contribution in [3.63, 3.8) is 0 Å². The third-order valence-electron chi connectivity index (χ3n) is 6.51. The first-order valence-corrected chi connectivity index (χ1v) is 10.3. The summed E-state index contributed by atoms with van der Waals surface area (Å²) in [5.41, 5.74) is 0. The summed E-state index contributed by atoms with van der Waals surface area (Å²) < 4.78 is 0. The van der Waals surface area contributed by atoms with Crippen LogP contribution in [-0.2, 0) is 9.59 Å². The molecule has 0 radical (unpaired) electrons. The van der Waals surface area contributed by atoms with Crippen molar-refractivity contribution in [3.8, 4) is 0 Å². The van der Waals surface area contributed by atoms with Gasteiger partial charge in [-0.25, -0.2) is 9.78 Å². The van der Waals surface area contributed by atoms with Crippen LogP contribution in [0.5, 0.6) is 0 Å². The predicted molar refractivity (Wildman–Crippen MR) is 103 cm³/mol. The lowest BCUT2D eigenvalue weighted by Crippen LogP contribution is -2.50. The second-order valence-corrected chi connectivity index (χ2v) is 8.48. The molecule has 6 nitrogen and oxygen atoms in total. The summed E-state index contributed by atoms with van der Waals surface area (Å²) in [5, 5.41) is 10.3. The van der Waals surface area contributed by atoms with E-state index in [0.717, 1.165) is 57.4 Å². The Bertz CT molecular complexity index is 703. The first-order valence-electron chi connectivity index (χ1n) is 9.96. The zero-order valence-corrected chi connectivity index (χ0v) is 16.1. The highest BCUT2D eigenvalue weighted by Crippen LogP contribution is 2.41. The number of aromatic nitrogens is 1. The number of amides is 1. The molecule has 2 aliphatic heterocycles. The van der Waals surface area contributed by atoms with E-state index in [1.807, 2.05) is 12.1 Å². The van der Waals surface area contributed by atoms with Gasteiger partial charge in [0.05, 0.1) is 5.02 Å². The molecule has 0 spiro atoms. The maximum Gasteiger partial charge on any atom is 0.326 e. The van der Waals surface area contributed by atoms with Crippen molar-refractivity contribution in [1.82, 2.24) is 9.88 Å². The standard InChI is InChI=1S/C20H26ClN3O3/c21-15-5-6-18(22-12-15)23-9-7-13(8-10-23)19(25)24-16-4-2-1-3-14(16)11-17(24)20(26)27/h5-6,12-14,16-17H,1-4,7-11H2,(H,26,27)/t14-,16+,17-/m0/s1. The molecule has 3 fully saturated rings. The van der Waals surface area contributed by atoms with Crippen LogP contribution in [0.2, 0.25) is 5.02 Å². The molecular formula is C20H26ClN3O3. The number of rotatable bonds is 3. The van der Waals surface area contributed by atoms with Crippen molar-refractivity contribution >= 4 is 29.3 Å². The zero-order chi connectivity index (χ0) is 19.0. The average Bonchev–Trinajstić information content (AvgIpc) is 3.08. The second kappa shape index (κ2) is 7.66. The fourth-order valence-corrected chi connectivity index (χ4v) is 5.23. The Labute approximate surface area is 164 Å². The van der Waals surface area contributed by atoms with Crippen LogP contribution in [0, 0.1) is 11.8 Å². The predicted octanol–water partition coefficient (Wildman–Crippen LogP) is 3.20. The highest BCUT2D eigenvalue weighted by atomic mass is 35.5. The van der Waals surface area contributed by atoms with Gasteiger partial charge in [-0.1, -0.05) is 24.4 Å². The maximum atomic E-state index is 13.3. The Kier molecular flexibility index (Phi) is 5.26. The Balaban J connectivity index is 1.43. The molecule has 1 saturated carbocycles. The van der Waals surface area contributed by atoms with Gasteiger partial charge in [0.15, 0.2) is 0 Å². The molecular weight excluding hydrogens is 366 g/mol. The van der Waals surface area contributed by atoms with Crippen LogP contribution in [0.4, 0.5) is 5.82 Å². The molecule has 3 heterocycles. The number of hydrogen-bond acceptors (Lipinski definition) is 4. The van der Waals surface area contributed by atoms with E-state index in [1.165, 1.54) is 0 Å². The van der Waals surface area contributed by atoms with Gasteiger partial charge < -0.3 is 14.9 Å². The third kappa shape index (κ3) is 3.64. The average molecular weight is 392 g/mol. The molecule has 3 aliphatic rings. The first-order chi connectivity index (χ1) is 13.0. The van der Waals surface area contributed by atoms with E-state index in [0.29, 0.717) is 17.4 Å². The highest BCUT2D eigenvalue weighted by molar-refractivity contribution is 6.30. The minimum Gasteiger partial charge on any atom is -0.480 e. The molecule has 3 atom stereocenters. The summed E-state index contributed by atoms with van der Waals surface area (Å²) in [4.78, 5) is 33.3. The Morgan fingerprint density at radius 2 is 1.85 bits per heavy atom. The number of halogens is 1. The van der Waals surface area contributed by atoms with E-state index >= 15 is 0 Å². The first kappa shape index (κ1) is 18.5. The quantitative estimate of drug-likeness (QED) is 0.856. The van der Waals surface area contributed by atoms with Gasteiger partial charge in [-0.3, -0.25) is 4.79 Å². The molecule has 1 aromatic rings. The number of nitrogens with zero attached hydrogens (tertiary/aromatic N) is 3. The lowest BCUT2D eigenvalue weighted by molar-refractivity contribution is -0.152. The monoisotopic (exact) mass is 391 g/mol. The number of likely N-dealkylation sites (tertiary alicyclic amines) is 1. The van der Waals surface area contributed by atoms with Crippen LogP contribution in [0.15, 0.2) is 18.3 Å². The number of hydrogen-bond donors (Lipinski definition) is 1. The largest absolute Gasteiger partial charge is 0.480 e. The number of aliphatic carboxylic acids is 1. The number of carboxylic acids is 1. The minimum atomic E-state index is -0.847. The van der Waals surface area contributed by atoms with Crippen molar-refractivity contribution in [2.45, 2.75) is 57.0 Å². The number of pyridine rings is 1. The minimum absolute atomic E-state index is 0.0560. The maximum absolute atomic E-state index is 13.3. The van der Waals surface area contributed by atoms with Crippen LogP contribution < -0.4 is 4.90 Å². The van der Waals surface area contributed by atoms with E-state index in [2.05, 4.69) is 9.88 Å². The number of fused-ring (bicyclic) bond motifs is 1. The van der Waals surface area contributed by atoms with Gasteiger partial charge in [-0.15, -0.1) is 0 Å². The van der Waals surface area contributed by atoms with Gasteiger partial charge in [-0.05, 0) is 50.2 Å². The van der Waals surface area contributed by atoms with Gasteiger partial charge in [0.2, 0.25) is 5.91 Å². The van der Waals surface area contributed by atoms with Gasteiger partial charge in [0.25, 0.3) is 0 Å². The lowest BCUT2D eigenvalue weighted by Gasteiger charge is -2.38. The smallest absolute Gasteiger partial charge is 0.326 e. The van der Waals surface area contributed by atoms with Crippen molar-refractivity contribution in [2.75, 3.05) is 18.0 Å². The van der Waals surface area contributed by atoms with E-state index in [1.54, 1.807) is 11.1 Å². The summed E-state index contributed by atoms with van der Waals surface area (Å²) in [6, 6.07) is 3.22. The molecule has 0 bridgehead atoms. The summed E-state index contributed by atoms with van der Waals surface area (Å²) in [6.07, 6.45) is 8.00. The molecule has 1 aliphatic carbocycles. The Hall–Kier alpha value is -1.82. The third-order valence-corrected chi connectivity index (χ3v) is 6.73. The summed E-state index contributed by atoms with van der Waals surface area (Å²) in [5.74, 6) is 0.363. The van der Waals surface area contributed by atoms with Gasteiger partial charge in [-0.2, -0.15) is 0 Å². The molecule has 1 aromatic heterocycles. The number of carboxylic acid groups (broad SMARTS) is 1. The topological polar surface area (TPSA) is 73.7 Å². The summed E-state index contributed by atoms with van der Waals surface area (Å²) in [6.45, 7) is 1.51. The summed E-state index contributed by atoms with van der Waals surface area (Å²) in [7, 11) is 0. The molecule has 2 saturated heterocycles. The summed E-state index contributed by atoms with van der Waals surface area (Å²) >= 11 is 5.90. The number of carbonyl (C=O) groups is 2. The van der Waals surface area contributed by atoms with Crippen LogP contribution >= 0.6 is 11.6 Å². The number of anilines is 1. The van der Waals surface area contributed by atoms with Crippen molar-refractivity contribution in [3.05, 3.63) is 23.4 Å². The molecule has 1 N–H and O–H groups in total. The lowest BCUT2D eigenvalue weighted by atomic mass is 9.84. The van der Waals surface area contributed by atoms with Crippen molar-refractivity contribution in [2.24, 2.45) is 11.8 Å². The van der Waals surface area contributed by atoms with Crippen molar-refractivity contribution in [1.29, 1.82) is 0 Å². The van der Waals surface area contributed by atoms with E-state index < -0.39 is 12.0 Å². The Morgan fingerprint density at radius 1 is 1.11 bits per heavy atom. The van der Waals surface area contributed by atoms with E-state index in [-0.39, 0.29) is 17.9 Å². The number of piperidine rings is 1. The molecule has 27 heavy (non-hydrogen) atoms. The molecule has 0 unspecified atom stereocenters. The fourth-order valence-electron chi connectivity index (χ4n) is 5.12. The van der Waals surface area contributed by atoms with Crippen LogP contribution in [0.3, 0.4) is 0 Å². The van der Waals surface area contributed by atoms with E-state index in [4.69, 9.17) is 11.6 Å². The van der Waals surface area contributed by atoms with Gasteiger partial charge in [0.1, 0.15) is 11.9 Å². The fraction of sp³-hybridized carbons (Fsp3) is 0.650. The second-order valence-electron chi connectivity index (χ2n) is 8.04. The zero-order valence-electron chi connectivity index (χ0n) is 15.4. The SMILES string of the molecule is O=C(O)[C@@H]1C[C@@H]2CCCC[C@H]2N1C(=O)C1CCN(c2ccc(Cl)cn2)CC1. The Morgan fingerprint density at radius 3 is 2.52 bits per heavy atom. The number of carbonyl (C=O) groups excluding carboxylic acids is 1. The molecule has 1 amide bonds. The van der Waals surface area contributed by atoms with Crippen LogP contribution in [0.1, 0.15) is 44.9 Å². The highest BCUT2D eigenvalue weighted by Gasteiger charge is 2.48. The molecule has 146 valence electrons. The van der Waals surface area contributed by atoms with Gasteiger partial charge >= 0.3 is 5.97 Å². The van der Waals surface area contributed by atoms with Crippen molar-refractivity contribution < 1.29 is 14.7 Å². The molecule has 4 rings (SSSR count). The molecule has 7 heteroatoms.